The molecule has 0 bridgehead atoms. The number of piperidine rings is 1. The van der Waals surface area contributed by atoms with Gasteiger partial charge in [0.25, 0.3) is 0 Å². The van der Waals surface area contributed by atoms with Crippen LogP contribution < -0.4 is 4.90 Å². The van der Waals surface area contributed by atoms with Crippen LogP contribution in [0.25, 0.3) is 0 Å². The molecule has 0 aliphatic carbocycles. The number of fused-ring (bicyclic) bond motifs is 1. The monoisotopic (exact) mass is 449 g/mol. The fourth-order valence-electron chi connectivity index (χ4n) is 4.85. The highest BCUT2D eigenvalue weighted by atomic mass is 16.2. The zero-order chi connectivity index (χ0) is 23.4. The van der Waals surface area contributed by atoms with Crippen molar-refractivity contribution in [1.29, 1.82) is 0 Å². The molecule has 2 aliphatic rings. The maximum atomic E-state index is 12.7. The van der Waals surface area contributed by atoms with Crippen molar-refractivity contribution >= 4 is 17.6 Å². The van der Waals surface area contributed by atoms with Gasteiger partial charge in [0.2, 0.25) is 11.8 Å². The summed E-state index contributed by atoms with van der Waals surface area (Å²) in [7, 11) is 0. The van der Waals surface area contributed by atoms with Gasteiger partial charge in [0.15, 0.2) is 0 Å². The van der Waals surface area contributed by atoms with Crippen molar-refractivity contribution in [3.8, 4) is 0 Å². The standard InChI is InChI=1S/C26H35N5O2/c1-18(2)17-31-24(33)11-10-22-19(3)28-25(29-26(22)31)20-12-15-30(16-13-20)23(32)9-6-8-21-7-4-5-14-27-21/h4-5,7,14,18,20H,6,8-13,15-17H2,1-3H3. The molecule has 2 amide bonds. The normalized spacial score (nSPS) is 16.9. The van der Waals surface area contributed by atoms with Gasteiger partial charge in [0.05, 0.1) is 0 Å². The Morgan fingerprint density at radius 3 is 2.64 bits per heavy atom. The number of carbonyl (C=O) groups is 2. The van der Waals surface area contributed by atoms with Crippen molar-refractivity contribution in [2.45, 2.75) is 71.6 Å². The predicted molar refractivity (Wildman–Crippen MR) is 128 cm³/mol. The average Bonchev–Trinajstić information content (AvgIpc) is 2.81. The molecule has 0 saturated carbocycles. The Morgan fingerprint density at radius 1 is 1.15 bits per heavy atom. The van der Waals surface area contributed by atoms with Gasteiger partial charge in [-0.15, -0.1) is 0 Å². The lowest BCUT2D eigenvalue weighted by Gasteiger charge is -2.34. The van der Waals surface area contributed by atoms with E-state index >= 15 is 0 Å². The van der Waals surface area contributed by atoms with Gasteiger partial charge in [0.1, 0.15) is 11.6 Å². The van der Waals surface area contributed by atoms with Gasteiger partial charge in [-0.2, -0.15) is 0 Å². The molecule has 4 rings (SSSR count). The SMILES string of the molecule is Cc1nc(C2CCN(C(=O)CCCc3ccccn3)CC2)nc2c1CCC(=O)N2CC(C)C. The van der Waals surface area contributed by atoms with E-state index in [1.807, 2.05) is 34.9 Å². The van der Waals surface area contributed by atoms with E-state index in [1.165, 1.54) is 0 Å². The Morgan fingerprint density at radius 2 is 1.94 bits per heavy atom. The van der Waals surface area contributed by atoms with Crippen LogP contribution in [0, 0.1) is 12.8 Å². The molecular formula is C26H35N5O2. The van der Waals surface area contributed by atoms with Gasteiger partial charge in [0, 0.05) is 61.5 Å². The molecule has 7 heteroatoms. The molecule has 1 saturated heterocycles. The van der Waals surface area contributed by atoms with Crippen LogP contribution in [-0.4, -0.2) is 51.3 Å². The van der Waals surface area contributed by atoms with Crippen molar-refractivity contribution < 1.29 is 9.59 Å². The number of aryl methyl sites for hydroxylation is 2. The first-order valence-corrected chi connectivity index (χ1v) is 12.3. The van der Waals surface area contributed by atoms with E-state index in [4.69, 9.17) is 9.97 Å². The molecule has 0 N–H and O–H groups in total. The smallest absolute Gasteiger partial charge is 0.228 e. The zero-order valence-corrected chi connectivity index (χ0v) is 20.1. The number of hydrogen-bond donors (Lipinski definition) is 0. The summed E-state index contributed by atoms with van der Waals surface area (Å²) in [6, 6.07) is 5.90. The molecule has 2 aromatic rings. The maximum Gasteiger partial charge on any atom is 0.228 e. The molecule has 176 valence electrons. The van der Waals surface area contributed by atoms with Crippen LogP contribution in [0.2, 0.25) is 0 Å². The van der Waals surface area contributed by atoms with Crippen LogP contribution >= 0.6 is 0 Å². The van der Waals surface area contributed by atoms with Gasteiger partial charge in [-0.25, -0.2) is 9.97 Å². The molecule has 0 aromatic carbocycles. The summed E-state index contributed by atoms with van der Waals surface area (Å²) < 4.78 is 0. The van der Waals surface area contributed by atoms with Crippen LogP contribution in [0.5, 0.6) is 0 Å². The highest BCUT2D eigenvalue weighted by Gasteiger charge is 2.31. The Bertz CT molecular complexity index is 984. The van der Waals surface area contributed by atoms with Gasteiger partial charge in [-0.1, -0.05) is 19.9 Å². The summed E-state index contributed by atoms with van der Waals surface area (Å²) in [6.45, 7) is 8.45. The third kappa shape index (κ3) is 5.57. The predicted octanol–water partition coefficient (Wildman–Crippen LogP) is 3.84. The number of nitrogens with zero attached hydrogens (tertiary/aromatic N) is 5. The molecule has 0 atom stereocenters. The van der Waals surface area contributed by atoms with Crippen molar-refractivity contribution in [3.05, 3.63) is 47.2 Å². The maximum absolute atomic E-state index is 12.7. The van der Waals surface area contributed by atoms with E-state index < -0.39 is 0 Å². The summed E-state index contributed by atoms with van der Waals surface area (Å²) in [5, 5.41) is 0. The van der Waals surface area contributed by atoms with Crippen LogP contribution in [0.4, 0.5) is 5.82 Å². The number of carbonyl (C=O) groups excluding carboxylic acids is 2. The van der Waals surface area contributed by atoms with Crippen LogP contribution in [0.15, 0.2) is 24.4 Å². The minimum Gasteiger partial charge on any atom is -0.343 e. The fourth-order valence-corrected chi connectivity index (χ4v) is 4.85. The second kappa shape index (κ2) is 10.4. The molecule has 4 heterocycles. The van der Waals surface area contributed by atoms with E-state index in [2.05, 4.69) is 18.8 Å². The highest BCUT2D eigenvalue weighted by molar-refractivity contribution is 5.95. The Balaban J connectivity index is 1.36. The number of hydrogen-bond acceptors (Lipinski definition) is 5. The third-order valence-corrected chi connectivity index (χ3v) is 6.67. The number of aromatic nitrogens is 3. The third-order valence-electron chi connectivity index (χ3n) is 6.67. The molecule has 0 unspecified atom stereocenters. The second-order valence-electron chi connectivity index (χ2n) is 9.70. The number of amides is 2. The molecule has 7 nitrogen and oxygen atoms in total. The lowest BCUT2D eigenvalue weighted by atomic mass is 9.94. The van der Waals surface area contributed by atoms with Crippen molar-refractivity contribution in [2.24, 2.45) is 5.92 Å². The van der Waals surface area contributed by atoms with Crippen LogP contribution in [0.3, 0.4) is 0 Å². The first kappa shape index (κ1) is 23.3. The zero-order valence-electron chi connectivity index (χ0n) is 20.1. The van der Waals surface area contributed by atoms with E-state index in [1.54, 1.807) is 6.20 Å². The topological polar surface area (TPSA) is 79.3 Å². The first-order chi connectivity index (χ1) is 15.9. The minimum absolute atomic E-state index is 0.159. The quantitative estimate of drug-likeness (QED) is 0.642. The number of rotatable bonds is 7. The van der Waals surface area contributed by atoms with Crippen LogP contribution in [-0.2, 0) is 22.4 Å². The van der Waals surface area contributed by atoms with Crippen LogP contribution in [0.1, 0.15) is 74.6 Å². The summed E-state index contributed by atoms with van der Waals surface area (Å²) in [5.74, 6) is 2.63. The molecule has 2 aromatic heterocycles. The lowest BCUT2D eigenvalue weighted by molar-refractivity contribution is -0.132. The second-order valence-corrected chi connectivity index (χ2v) is 9.70. The molecule has 2 aliphatic heterocycles. The lowest BCUT2D eigenvalue weighted by Crippen LogP contribution is -2.40. The highest BCUT2D eigenvalue weighted by Crippen LogP contribution is 2.33. The summed E-state index contributed by atoms with van der Waals surface area (Å²) in [5.41, 5.74) is 3.14. The van der Waals surface area contributed by atoms with Crippen molar-refractivity contribution in [2.75, 3.05) is 24.5 Å². The summed E-state index contributed by atoms with van der Waals surface area (Å²) in [4.78, 5) is 43.2. The van der Waals surface area contributed by atoms with E-state index in [0.717, 1.165) is 73.8 Å². The molecule has 0 radical (unpaired) electrons. The summed E-state index contributed by atoms with van der Waals surface area (Å²) in [6.07, 6.45) is 6.99. The first-order valence-electron chi connectivity index (χ1n) is 12.3. The van der Waals surface area contributed by atoms with E-state index in [-0.39, 0.29) is 17.7 Å². The van der Waals surface area contributed by atoms with Gasteiger partial charge in [-0.3, -0.25) is 19.5 Å². The molecular weight excluding hydrogens is 414 g/mol. The molecule has 1 fully saturated rings. The van der Waals surface area contributed by atoms with Gasteiger partial charge >= 0.3 is 0 Å². The number of pyridine rings is 1. The molecule has 0 spiro atoms. The minimum atomic E-state index is 0.159. The van der Waals surface area contributed by atoms with Gasteiger partial charge < -0.3 is 4.90 Å². The molecule has 33 heavy (non-hydrogen) atoms. The fraction of sp³-hybridized carbons (Fsp3) is 0.577. The summed E-state index contributed by atoms with van der Waals surface area (Å²) >= 11 is 0. The van der Waals surface area contributed by atoms with E-state index in [9.17, 15) is 9.59 Å². The number of likely N-dealkylation sites (tertiary alicyclic amines) is 1. The Kier molecular flexibility index (Phi) is 7.36. The largest absolute Gasteiger partial charge is 0.343 e. The van der Waals surface area contributed by atoms with Crippen molar-refractivity contribution in [1.82, 2.24) is 19.9 Å². The van der Waals surface area contributed by atoms with Crippen molar-refractivity contribution in [3.63, 3.8) is 0 Å². The Hall–Kier alpha value is -2.83. The van der Waals surface area contributed by atoms with E-state index in [0.29, 0.717) is 25.3 Å². The number of anilines is 1. The average molecular weight is 450 g/mol. The Labute approximate surface area is 196 Å². The van der Waals surface area contributed by atoms with Gasteiger partial charge in [-0.05, 0) is 57.1 Å².